The van der Waals surface area contributed by atoms with Gasteiger partial charge in [-0.2, -0.15) is 0 Å². The molecule has 1 unspecified atom stereocenters. The van der Waals surface area contributed by atoms with Crippen molar-refractivity contribution >= 4 is 5.97 Å². The highest BCUT2D eigenvalue weighted by molar-refractivity contribution is 5.90. The first-order chi connectivity index (χ1) is 5.01. The molecule has 0 aromatic heterocycles. The molecule has 0 fully saturated rings. The molecule has 0 bridgehead atoms. The Balaban J connectivity index is 2.75. The van der Waals surface area contributed by atoms with Crippen molar-refractivity contribution in [2.75, 3.05) is 0 Å². The minimum Gasteiger partial charge on any atom is -0.478 e. The van der Waals surface area contributed by atoms with Gasteiger partial charge in [0, 0.05) is 6.20 Å². The number of carboxylic acids is 1. The minimum absolute atomic E-state index is 0.136. The summed E-state index contributed by atoms with van der Waals surface area (Å²) in [5.74, 6) is -1.01. The van der Waals surface area contributed by atoms with Gasteiger partial charge in [0.15, 0.2) is 5.72 Å². The standard InChI is InChI=1S/C7H9NO3/c1-7(11)3-2-5(4-8-7)6(9)10/h2-4,8,11H,1H3,(H,9,10). The summed E-state index contributed by atoms with van der Waals surface area (Å²) in [6.45, 7) is 1.53. The Morgan fingerprint density at radius 2 is 2.36 bits per heavy atom. The van der Waals surface area contributed by atoms with Crippen LogP contribution in [0.3, 0.4) is 0 Å². The van der Waals surface area contributed by atoms with E-state index in [2.05, 4.69) is 5.32 Å². The molecule has 1 heterocycles. The van der Waals surface area contributed by atoms with Gasteiger partial charge in [0.1, 0.15) is 0 Å². The second-order valence-electron chi connectivity index (χ2n) is 2.53. The third-order valence-corrected chi connectivity index (χ3v) is 1.35. The van der Waals surface area contributed by atoms with Crippen molar-refractivity contribution in [3.8, 4) is 0 Å². The molecule has 0 spiro atoms. The first-order valence-corrected chi connectivity index (χ1v) is 3.14. The van der Waals surface area contributed by atoms with Crippen LogP contribution in [0, 0.1) is 0 Å². The maximum atomic E-state index is 10.3. The monoisotopic (exact) mass is 155 g/mol. The van der Waals surface area contributed by atoms with Gasteiger partial charge in [-0.25, -0.2) is 4.79 Å². The Kier molecular flexibility index (Phi) is 1.70. The number of carbonyl (C=O) groups is 1. The van der Waals surface area contributed by atoms with Crippen molar-refractivity contribution in [1.82, 2.24) is 5.32 Å². The lowest BCUT2D eigenvalue weighted by atomic mass is 10.1. The SMILES string of the molecule is CC1(O)C=CC(C(=O)O)=CN1. The van der Waals surface area contributed by atoms with E-state index in [4.69, 9.17) is 5.11 Å². The van der Waals surface area contributed by atoms with Gasteiger partial charge in [-0.05, 0) is 19.1 Å². The van der Waals surface area contributed by atoms with Crippen LogP contribution >= 0.6 is 0 Å². The van der Waals surface area contributed by atoms with E-state index >= 15 is 0 Å². The van der Waals surface area contributed by atoms with Gasteiger partial charge in [0.2, 0.25) is 0 Å². The highest BCUT2D eigenvalue weighted by Crippen LogP contribution is 2.10. The summed E-state index contributed by atoms with van der Waals surface area (Å²) in [4.78, 5) is 10.3. The van der Waals surface area contributed by atoms with Crippen molar-refractivity contribution in [3.05, 3.63) is 23.9 Å². The van der Waals surface area contributed by atoms with Crippen LogP contribution in [0.1, 0.15) is 6.92 Å². The number of rotatable bonds is 1. The lowest BCUT2D eigenvalue weighted by Crippen LogP contribution is -2.38. The Labute approximate surface area is 63.8 Å². The Morgan fingerprint density at radius 3 is 2.73 bits per heavy atom. The molecule has 0 saturated heterocycles. The Hall–Kier alpha value is -1.29. The molecule has 60 valence electrons. The molecule has 4 nitrogen and oxygen atoms in total. The van der Waals surface area contributed by atoms with Gasteiger partial charge in [0.05, 0.1) is 5.57 Å². The highest BCUT2D eigenvalue weighted by atomic mass is 16.4. The molecule has 1 atom stereocenters. The molecule has 4 heteroatoms. The molecule has 0 aromatic carbocycles. The fourth-order valence-electron chi connectivity index (χ4n) is 0.705. The summed E-state index contributed by atoms with van der Waals surface area (Å²) in [5, 5.41) is 20.2. The fraction of sp³-hybridized carbons (Fsp3) is 0.286. The summed E-state index contributed by atoms with van der Waals surface area (Å²) in [5.41, 5.74) is -0.990. The van der Waals surface area contributed by atoms with Crippen molar-refractivity contribution in [2.24, 2.45) is 0 Å². The Bertz CT molecular complexity index is 240. The number of hydrogen-bond acceptors (Lipinski definition) is 3. The smallest absolute Gasteiger partial charge is 0.337 e. The second-order valence-corrected chi connectivity index (χ2v) is 2.53. The van der Waals surface area contributed by atoms with Crippen LogP contribution in [0.4, 0.5) is 0 Å². The van der Waals surface area contributed by atoms with Crippen LogP contribution in [-0.2, 0) is 4.79 Å². The molecular weight excluding hydrogens is 146 g/mol. The van der Waals surface area contributed by atoms with Crippen LogP contribution in [0.25, 0.3) is 0 Å². The van der Waals surface area contributed by atoms with Crippen LogP contribution in [0.5, 0.6) is 0 Å². The molecule has 0 saturated carbocycles. The van der Waals surface area contributed by atoms with E-state index in [9.17, 15) is 9.90 Å². The molecule has 1 rings (SSSR count). The molecule has 3 N–H and O–H groups in total. The zero-order valence-corrected chi connectivity index (χ0v) is 6.03. The largest absolute Gasteiger partial charge is 0.478 e. The number of carboxylic acid groups (broad SMARTS) is 1. The summed E-state index contributed by atoms with van der Waals surface area (Å²) in [7, 11) is 0. The third-order valence-electron chi connectivity index (χ3n) is 1.35. The van der Waals surface area contributed by atoms with Gasteiger partial charge in [-0.15, -0.1) is 0 Å². The summed E-state index contributed by atoms with van der Waals surface area (Å²) in [6, 6.07) is 0. The van der Waals surface area contributed by atoms with E-state index in [-0.39, 0.29) is 5.57 Å². The first-order valence-electron chi connectivity index (χ1n) is 3.14. The average molecular weight is 155 g/mol. The molecule has 0 aliphatic carbocycles. The number of dihydropyridines is 1. The zero-order valence-electron chi connectivity index (χ0n) is 6.03. The topological polar surface area (TPSA) is 69.6 Å². The number of hydrogen-bond donors (Lipinski definition) is 3. The number of aliphatic carboxylic acids is 1. The normalized spacial score (nSPS) is 29.1. The quantitative estimate of drug-likeness (QED) is 0.491. The fourth-order valence-corrected chi connectivity index (χ4v) is 0.705. The van der Waals surface area contributed by atoms with Crippen LogP contribution in [0.2, 0.25) is 0 Å². The maximum absolute atomic E-state index is 10.3. The molecule has 0 radical (unpaired) electrons. The molecule has 0 aromatic rings. The van der Waals surface area contributed by atoms with Crippen molar-refractivity contribution in [2.45, 2.75) is 12.6 Å². The number of nitrogens with one attached hydrogen (secondary N) is 1. The van der Waals surface area contributed by atoms with Gasteiger partial charge in [-0.1, -0.05) is 0 Å². The van der Waals surface area contributed by atoms with E-state index in [1.807, 2.05) is 0 Å². The summed E-state index contributed by atoms with van der Waals surface area (Å²) < 4.78 is 0. The van der Waals surface area contributed by atoms with Crippen molar-refractivity contribution < 1.29 is 15.0 Å². The predicted octanol–water partition coefficient (Wildman–Crippen LogP) is -0.177. The zero-order chi connectivity index (χ0) is 8.48. The highest BCUT2D eigenvalue weighted by Gasteiger charge is 2.18. The van der Waals surface area contributed by atoms with E-state index in [1.54, 1.807) is 0 Å². The maximum Gasteiger partial charge on any atom is 0.337 e. The lowest BCUT2D eigenvalue weighted by molar-refractivity contribution is -0.132. The molecule has 1 aliphatic rings. The summed E-state index contributed by atoms with van der Waals surface area (Å²) in [6.07, 6.45) is 4.01. The summed E-state index contributed by atoms with van der Waals surface area (Å²) >= 11 is 0. The molecule has 11 heavy (non-hydrogen) atoms. The predicted molar refractivity (Wildman–Crippen MR) is 38.6 cm³/mol. The Morgan fingerprint density at radius 1 is 1.73 bits per heavy atom. The molecule has 0 amide bonds. The van der Waals surface area contributed by atoms with Crippen LogP contribution < -0.4 is 5.32 Å². The first kappa shape index (κ1) is 7.81. The van der Waals surface area contributed by atoms with Crippen molar-refractivity contribution in [3.63, 3.8) is 0 Å². The van der Waals surface area contributed by atoms with E-state index < -0.39 is 11.7 Å². The minimum atomic E-state index is -1.13. The van der Waals surface area contributed by atoms with E-state index in [0.717, 1.165) is 0 Å². The van der Waals surface area contributed by atoms with Crippen LogP contribution in [-0.4, -0.2) is 21.9 Å². The van der Waals surface area contributed by atoms with Crippen molar-refractivity contribution in [1.29, 1.82) is 0 Å². The van der Waals surface area contributed by atoms with Gasteiger partial charge in [-0.3, -0.25) is 0 Å². The lowest BCUT2D eigenvalue weighted by Gasteiger charge is -2.22. The van der Waals surface area contributed by atoms with Gasteiger partial charge in [0.25, 0.3) is 0 Å². The van der Waals surface area contributed by atoms with E-state index in [1.165, 1.54) is 25.3 Å². The molecular formula is C7H9NO3. The third kappa shape index (κ3) is 1.81. The van der Waals surface area contributed by atoms with Crippen LogP contribution in [0.15, 0.2) is 23.9 Å². The second kappa shape index (κ2) is 2.39. The average Bonchev–Trinajstić information content (AvgIpc) is 1.86. The number of aliphatic hydroxyl groups is 1. The molecule has 1 aliphatic heterocycles. The van der Waals surface area contributed by atoms with Gasteiger partial charge < -0.3 is 15.5 Å². The van der Waals surface area contributed by atoms with Gasteiger partial charge >= 0.3 is 5.97 Å². The van der Waals surface area contributed by atoms with E-state index in [0.29, 0.717) is 0 Å².